The van der Waals surface area contributed by atoms with Gasteiger partial charge in [0.2, 0.25) is 5.91 Å². The van der Waals surface area contributed by atoms with Gasteiger partial charge in [-0.2, -0.15) is 0 Å². The van der Waals surface area contributed by atoms with Crippen LogP contribution in [0.2, 0.25) is 0 Å². The molecule has 1 aliphatic carbocycles. The summed E-state index contributed by atoms with van der Waals surface area (Å²) in [7, 11) is 0. The Labute approximate surface area is 104 Å². The molecule has 0 radical (unpaired) electrons. The predicted molar refractivity (Wildman–Crippen MR) is 68.7 cm³/mol. The average Bonchev–Trinajstić information content (AvgIpc) is 2.56. The second kappa shape index (κ2) is 7.16. The van der Waals surface area contributed by atoms with Crippen LogP contribution in [-0.4, -0.2) is 17.8 Å². The SMILES string of the molecule is CC(CCl)C(C)NC(=O)C1CCCCCC1. The number of hydrogen-bond acceptors (Lipinski definition) is 1. The monoisotopic (exact) mass is 245 g/mol. The highest BCUT2D eigenvalue weighted by molar-refractivity contribution is 6.18. The number of nitrogens with one attached hydrogen (secondary N) is 1. The smallest absolute Gasteiger partial charge is 0.223 e. The van der Waals surface area contributed by atoms with Gasteiger partial charge in [0.15, 0.2) is 0 Å². The van der Waals surface area contributed by atoms with Gasteiger partial charge in [0.25, 0.3) is 0 Å². The minimum absolute atomic E-state index is 0.188. The maximum Gasteiger partial charge on any atom is 0.223 e. The zero-order chi connectivity index (χ0) is 12.0. The van der Waals surface area contributed by atoms with E-state index in [1.165, 1.54) is 25.7 Å². The zero-order valence-electron chi connectivity index (χ0n) is 10.5. The standard InChI is InChI=1S/C13H24ClNO/c1-10(9-14)11(2)15-13(16)12-7-5-3-4-6-8-12/h10-12H,3-9H2,1-2H3,(H,15,16). The molecule has 0 aromatic rings. The maximum atomic E-state index is 12.0. The first-order valence-corrected chi connectivity index (χ1v) is 7.05. The second-order valence-electron chi connectivity index (χ2n) is 5.12. The van der Waals surface area contributed by atoms with Crippen LogP contribution < -0.4 is 5.32 Å². The molecule has 1 fully saturated rings. The molecule has 1 saturated carbocycles. The van der Waals surface area contributed by atoms with Crippen LogP contribution in [0.5, 0.6) is 0 Å². The molecule has 0 aliphatic heterocycles. The highest BCUT2D eigenvalue weighted by Gasteiger charge is 2.22. The molecule has 0 bridgehead atoms. The fourth-order valence-corrected chi connectivity index (χ4v) is 2.43. The first kappa shape index (κ1) is 13.8. The summed E-state index contributed by atoms with van der Waals surface area (Å²) in [4.78, 5) is 12.0. The molecule has 2 nitrogen and oxygen atoms in total. The van der Waals surface area contributed by atoms with E-state index in [0.29, 0.717) is 11.8 Å². The summed E-state index contributed by atoms with van der Waals surface area (Å²) in [5.41, 5.74) is 0. The van der Waals surface area contributed by atoms with Gasteiger partial charge < -0.3 is 5.32 Å². The maximum absolute atomic E-state index is 12.0. The van der Waals surface area contributed by atoms with E-state index in [1.54, 1.807) is 0 Å². The summed E-state index contributed by atoms with van der Waals surface area (Å²) in [6.07, 6.45) is 7.12. The van der Waals surface area contributed by atoms with E-state index >= 15 is 0 Å². The summed E-state index contributed by atoms with van der Waals surface area (Å²) >= 11 is 5.79. The van der Waals surface area contributed by atoms with E-state index in [0.717, 1.165) is 12.8 Å². The minimum atomic E-state index is 0.188. The van der Waals surface area contributed by atoms with Gasteiger partial charge in [-0.1, -0.05) is 32.6 Å². The van der Waals surface area contributed by atoms with Crippen LogP contribution in [0.4, 0.5) is 0 Å². The Balaban J connectivity index is 2.37. The van der Waals surface area contributed by atoms with E-state index in [1.807, 2.05) is 6.92 Å². The Morgan fingerprint density at radius 3 is 2.31 bits per heavy atom. The number of rotatable bonds is 4. The third kappa shape index (κ3) is 4.32. The molecule has 1 amide bonds. The molecule has 1 aliphatic rings. The Kier molecular flexibility index (Phi) is 6.18. The lowest BCUT2D eigenvalue weighted by atomic mass is 9.98. The van der Waals surface area contributed by atoms with Gasteiger partial charge in [-0.25, -0.2) is 0 Å². The molecule has 3 heteroatoms. The lowest BCUT2D eigenvalue weighted by Gasteiger charge is -2.22. The first-order valence-electron chi connectivity index (χ1n) is 6.51. The van der Waals surface area contributed by atoms with Crippen molar-refractivity contribution in [2.75, 3.05) is 5.88 Å². The fraction of sp³-hybridized carbons (Fsp3) is 0.923. The van der Waals surface area contributed by atoms with Gasteiger partial charge in [0.05, 0.1) is 0 Å². The van der Waals surface area contributed by atoms with Crippen molar-refractivity contribution in [1.82, 2.24) is 5.32 Å². The number of alkyl halides is 1. The van der Waals surface area contributed by atoms with Crippen LogP contribution in [0.15, 0.2) is 0 Å². The highest BCUT2D eigenvalue weighted by atomic mass is 35.5. The summed E-state index contributed by atoms with van der Waals surface area (Å²) in [5, 5.41) is 3.10. The molecule has 2 atom stereocenters. The molecule has 16 heavy (non-hydrogen) atoms. The molecule has 1 N–H and O–H groups in total. The molecule has 0 aromatic carbocycles. The minimum Gasteiger partial charge on any atom is -0.353 e. The average molecular weight is 246 g/mol. The Morgan fingerprint density at radius 1 is 1.25 bits per heavy atom. The molecular formula is C13H24ClNO. The molecule has 0 spiro atoms. The van der Waals surface area contributed by atoms with Crippen molar-refractivity contribution in [3.63, 3.8) is 0 Å². The molecule has 94 valence electrons. The van der Waals surface area contributed by atoms with Gasteiger partial charge in [-0.05, 0) is 25.7 Å². The topological polar surface area (TPSA) is 29.1 Å². The van der Waals surface area contributed by atoms with E-state index in [-0.39, 0.29) is 17.9 Å². The van der Waals surface area contributed by atoms with Crippen LogP contribution in [0.3, 0.4) is 0 Å². The van der Waals surface area contributed by atoms with Crippen LogP contribution in [0.25, 0.3) is 0 Å². The second-order valence-corrected chi connectivity index (χ2v) is 5.43. The number of amides is 1. The lowest BCUT2D eigenvalue weighted by molar-refractivity contribution is -0.126. The highest BCUT2D eigenvalue weighted by Crippen LogP contribution is 2.23. The van der Waals surface area contributed by atoms with Crippen LogP contribution in [0.1, 0.15) is 52.4 Å². The van der Waals surface area contributed by atoms with Crippen LogP contribution >= 0.6 is 11.6 Å². The van der Waals surface area contributed by atoms with Crippen molar-refractivity contribution in [3.05, 3.63) is 0 Å². The molecule has 0 aromatic heterocycles. The summed E-state index contributed by atoms with van der Waals surface area (Å²) < 4.78 is 0. The molecule has 1 rings (SSSR count). The third-order valence-electron chi connectivity index (χ3n) is 3.69. The van der Waals surface area contributed by atoms with Crippen molar-refractivity contribution >= 4 is 17.5 Å². The van der Waals surface area contributed by atoms with Gasteiger partial charge in [0, 0.05) is 17.8 Å². The zero-order valence-corrected chi connectivity index (χ0v) is 11.2. The lowest BCUT2D eigenvalue weighted by Crippen LogP contribution is -2.41. The van der Waals surface area contributed by atoms with E-state index < -0.39 is 0 Å². The van der Waals surface area contributed by atoms with Crippen molar-refractivity contribution in [3.8, 4) is 0 Å². The van der Waals surface area contributed by atoms with E-state index in [9.17, 15) is 4.79 Å². The summed E-state index contributed by atoms with van der Waals surface area (Å²) in [5.74, 6) is 1.43. The van der Waals surface area contributed by atoms with Gasteiger partial charge in [-0.15, -0.1) is 11.6 Å². The van der Waals surface area contributed by atoms with Crippen LogP contribution in [-0.2, 0) is 4.79 Å². The number of carbonyl (C=O) groups excluding carboxylic acids is 1. The van der Waals surface area contributed by atoms with Crippen molar-refractivity contribution in [2.24, 2.45) is 11.8 Å². The largest absolute Gasteiger partial charge is 0.353 e. The molecular weight excluding hydrogens is 222 g/mol. The number of halogens is 1. The summed E-state index contributed by atoms with van der Waals surface area (Å²) in [6, 6.07) is 0.188. The fourth-order valence-electron chi connectivity index (χ4n) is 2.16. The molecule has 0 heterocycles. The van der Waals surface area contributed by atoms with Crippen LogP contribution in [0, 0.1) is 11.8 Å². The van der Waals surface area contributed by atoms with E-state index in [2.05, 4.69) is 12.2 Å². The van der Waals surface area contributed by atoms with Gasteiger partial charge in [-0.3, -0.25) is 4.79 Å². The van der Waals surface area contributed by atoms with Crippen molar-refractivity contribution in [2.45, 2.75) is 58.4 Å². The van der Waals surface area contributed by atoms with Gasteiger partial charge in [0.1, 0.15) is 0 Å². The number of hydrogen-bond donors (Lipinski definition) is 1. The van der Waals surface area contributed by atoms with Crippen molar-refractivity contribution in [1.29, 1.82) is 0 Å². The summed E-state index contributed by atoms with van der Waals surface area (Å²) in [6.45, 7) is 4.12. The van der Waals surface area contributed by atoms with Crippen molar-refractivity contribution < 1.29 is 4.79 Å². The normalized spacial score (nSPS) is 22.2. The number of carbonyl (C=O) groups is 1. The molecule has 2 unspecified atom stereocenters. The first-order chi connectivity index (χ1) is 7.65. The van der Waals surface area contributed by atoms with E-state index in [4.69, 9.17) is 11.6 Å². The quantitative estimate of drug-likeness (QED) is 0.598. The van der Waals surface area contributed by atoms with Gasteiger partial charge >= 0.3 is 0 Å². The Hall–Kier alpha value is -0.240. The molecule has 0 saturated heterocycles. The third-order valence-corrected chi connectivity index (χ3v) is 4.18. The Bertz CT molecular complexity index is 212. The Morgan fingerprint density at radius 2 is 1.81 bits per heavy atom. The predicted octanol–water partition coefficient (Wildman–Crippen LogP) is 3.34.